The van der Waals surface area contributed by atoms with E-state index in [-0.39, 0.29) is 23.1 Å². The minimum atomic E-state index is -1.22. The van der Waals surface area contributed by atoms with E-state index in [4.69, 9.17) is 5.11 Å². The number of nitro groups is 1. The molecule has 8 nitrogen and oxygen atoms in total. The van der Waals surface area contributed by atoms with Gasteiger partial charge in [0, 0.05) is 37.9 Å². The van der Waals surface area contributed by atoms with Crippen LogP contribution >= 0.6 is 0 Å². The van der Waals surface area contributed by atoms with Gasteiger partial charge in [-0.2, -0.15) is 0 Å². The van der Waals surface area contributed by atoms with Crippen LogP contribution in [-0.2, 0) is 0 Å². The SMILES string of the molecule is CCN1CCN(c2ncc(C(=O)O)cc2[N+](=O)[O-])CC1C. The minimum absolute atomic E-state index is 0.175. The molecule has 1 aromatic rings. The third kappa shape index (κ3) is 3.10. The van der Waals surface area contributed by atoms with Gasteiger partial charge in [-0.05, 0) is 13.5 Å². The van der Waals surface area contributed by atoms with Crippen LogP contribution in [0.4, 0.5) is 11.5 Å². The van der Waals surface area contributed by atoms with Gasteiger partial charge in [0.15, 0.2) is 0 Å². The number of hydrogen-bond acceptors (Lipinski definition) is 6. The molecule has 0 aliphatic carbocycles. The summed E-state index contributed by atoms with van der Waals surface area (Å²) in [6, 6.07) is 1.34. The molecule has 2 heterocycles. The van der Waals surface area contributed by atoms with Crippen LogP contribution in [0.1, 0.15) is 24.2 Å². The number of rotatable bonds is 4. The van der Waals surface area contributed by atoms with Crippen molar-refractivity contribution < 1.29 is 14.8 Å². The maximum Gasteiger partial charge on any atom is 0.337 e. The number of carboxylic acid groups (broad SMARTS) is 1. The Morgan fingerprint density at radius 2 is 2.29 bits per heavy atom. The molecule has 2 rings (SSSR count). The molecule has 0 amide bonds. The van der Waals surface area contributed by atoms with Crippen molar-refractivity contribution in [2.75, 3.05) is 31.1 Å². The Bertz CT molecular complexity index is 563. The summed E-state index contributed by atoms with van der Waals surface area (Å²) in [6.07, 6.45) is 1.17. The highest BCUT2D eigenvalue weighted by Gasteiger charge is 2.29. The van der Waals surface area contributed by atoms with E-state index in [0.717, 1.165) is 19.2 Å². The third-order valence-electron chi connectivity index (χ3n) is 3.76. The summed E-state index contributed by atoms with van der Waals surface area (Å²) in [5.41, 5.74) is -0.433. The van der Waals surface area contributed by atoms with Crippen molar-refractivity contribution in [1.29, 1.82) is 0 Å². The highest BCUT2D eigenvalue weighted by atomic mass is 16.6. The van der Waals surface area contributed by atoms with Crippen LogP contribution in [0, 0.1) is 10.1 Å². The number of hydrogen-bond donors (Lipinski definition) is 1. The second kappa shape index (κ2) is 6.04. The summed E-state index contributed by atoms with van der Waals surface area (Å²) < 4.78 is 0. The Balaban J connectivity index is 2.31. The molecule has 8 heteroatoms. The maximum atomic E-state index is 11.2. The largest absolute Gasteiger partial charge is 0.478 e. The molecule has 0 radical (unpaired) electrons. The molecule has 1 saturated heterocycles. The average molecular weight is 294 g/mol. The molecule has 1 fully saturated rings. The minimum Gasteiger partial charge on any atom is -0.478 e. The van der Waals surface area contributed by atoms with E-state index < -0.39 is 10.9 Å². The molecule has 1 aliphatic rings. The number of piperazine rings is 1. The van der Waals surface area contributed by atoms with Gasteiger partial charge >= 0.3 is 11.7 Å². The predicted octanol–water partition coefficient (Wildman–Crippen LogP) is 1.22. The fraction of sp³-hybridized carbons (Fsp3) is 0.538. The van der Waals surface area contributed by atoms with Gasteiger partial charge < -0.3 is 10.0 Å². The molecule has 0 saturated carbocycles. The highest BCUT2D eigenvalue weighted by Crippen LogP contribution is 2.28. The molecule has 21 heavy (non-hydrogen) atoms. The van der Waals surface area contributed by atoms with Crippen molar-refractivity contribution in [2.24, 2.45) is 0 Å². The first-order valence-electron chi connectivity index (χ1n) is 6.80. The number of aromatic carboxylic acids is 1. The van der Waals surface area contributed by atoms with Gasteiger partial charge in [0.1, 0.15) is 0 Å². The Morgan fingerprint density at radius 3 is 2.81 bits per heavy atom. The quantitative estimate of drug-likeness (QED) is 0.658. The fourth-order valence-corrected chi connectivity index (χ4v) is 2.60. The summed E-state index contributed by atoms with van der Waals surface area (Å²) in [7, 11) is 0. The van der Waals surface area contributed by atoms with Crippen LogP contribution < -0.4 is 4.90 Å². The lowest BCUT2D eigenvalue weighted by Gasteiger charge is -2.39. The maximum absolute atomic E-state index is 11.2. The van der Waals surface area contributed by atoms with E-state index in [2.05, 4.69) is 23.7 Å². The van der Waals surface area contributed by atoms with E-state index in [9.17, 15) is 14.9 Å². The number of pyridine rings is 1. The third-order valence-corrected chi connectivity index (χ3v) is 3.76. The van der Waals surface area contributed by atoms with Crippen LogP contribution in [0.2, 0.25) is 0 Å². The second-order valence-corrected chi connectivity index (χ2v) is 5.05. The monoisotopic (exact) mass is 294 g/mol. The zero-order valence-corrected chi connectivity index (χ0v) is 12.0. The summed E-state index contributed by atoms with van der Waals surface area (Å²) in [5, 5.41) is 20.1. The first kappa shape index (κ1) is 15.2. The van der Waals surface area contributed by atoms with E-state index in [1.807, 2.05) is 4.90 Å². The highest BCUT2D eigenvalue weighted by molar-refractivity contribution is 5.88. The topological polar surface area (TPSA) is 99.8 Å². The summed E-state index contributed by atoms with van der Waals surface area (Å²) in [6.45, 7) is 7.15. The molecule has 1 aliphatic heterocycles. The molecule has 114 valence electrons. The smallest absolute Gasteiger partial charge is 0.337 e. The molecule has 1 unspecified atom stereocenters. The molecular weight excluding hydrogens is 276 g/mol. The number of carbonyl (C=O) groups is 1. The number of nitrogens with zero attached hydrogens (tertiary/aromatic N) is 4. The van der Waals surface area contributed by atoms with Crippen molar-refractivity contribution >= 4 is 17.5 Å². The van der Waals surface area contributed by atoms with Crippen LogP contribution in [0.5, 0.6) is 0 Å². The van der Waals surface area contributed by atoms with Crippen molar-refractivity contribution in [2.45, 2.75) is 19.9 Å². The van der Waals surface area contributed by atoms with Crippen LogP contribution in [0.3, 0.4) is 0 Å². The van der Waals surface area contributed by atoms with Gasteiger partial charge in [0.2, 0.25) is 5.82 Å². The van der Waals surface area contributed by atoms with Crippen molar-refractivity contribution in [1.82, 2.24) is 9.88 Å². The van der Waals surface area contributed by atoms with Crippen molar-refractivity contribution in [3.05, 3.63) is 27.9 Å². The lowest BCUT2D eigenvalue weighted by molar-refractivity contribution is -0.384. The van der Waals surface area contributed by atoms with Crippen LogP contribution in [0.15, 0.2) is 12.3 Å². The Hall–Kier alpha value is -2.22. The lowest BCUT2D eigenvalue weighted by Crippen LogP contribution is -2.52. The van der Waals surface area contributed by atoms with Gasteiger partial charge in [-0.25, -0.2) is 9.78 Å². The van der Waals surface area contributed by atoms with E-state index in [1.54, 1.807) is 0 Å². The molecule has 0 aromatic carbocycles. The van der Waals surface area contributed by atoms with E-state index in [1.165, 1.54) is 6.20 Å². The number of anilines is 1. The molecule has 1 atom stereocenters. The number of likely N-dealkylation sites (N-methyl/N-ethyl adjacent to an activating group) is 1. The Morgan fingerprint density at radius 1 is 1.57 bits per heavy atom. The molecular formula is C13H18N4O4. The summed E-state index contributed by atoms with van der Waals surface area (Å²) in [4.78, 5) is 29.7. The van der Waals surface area contributed by atoms with Gasteiger partial charge in [-0.3, -0.25) is 15.0 Å². The predicted molar refractivity (Wildman–Crippen MR) is 76.8 cm³/mol. The summed E-state index contributed by atoms with van der Waals surface area (Å²) in [5.74, 6) is -0.978. The zero-order valence-electron chi connectivity index (χ0n) is 12.0. The van der Waals surface area contributed by atoms with Gasteiger partial charge in [-0.15, -0.1) is 0 Å². The second-order valence-electron chi connectivity index (χ2n) is 5.05. The van der Waals surface area contributed by atoms with Gasteiger partial charge in [0.05, 0.1) is 10.5 Å². The van der Waals surface area contributed by atoms with Gasteiger partial charge in [-0.1, -0.05) is 6.92 Å². The van der Waals surface area contributed by atoms with Crippen LogP contribution in [-0.4, -0.2) is 58.1 Å². The Labute approximate surface area is 122 Å². The van der Waals surface area contributed by atoms with Crippen molar-refractivity contribution in [3.63, 3.8) is 0 Å². The van der Waals surface area contributed by atoms with Gasteiger partial charge in [0.25, 0.3) is 0 Å². The molecule has 1 N–H and O–H groups in total. The van der Waals surface area contributed by atoms with Crippen molar-refractivity contribution in [3.8, 4) is 0 Å². The molecule has 1 aromatic heterocycles. The standard InChI is InChI=1S/C13H18N4O4/c1-3-15-4-5-16(8-9(15)2)12-11(17(20)21)6-10(7-14-12)13(18)19/h6-7,9H,3-5,8H2,1-2H3,(H,18,19). The lowest BCUT2D eigenvalue weighted by atomic mass is 10.1. The normalized spacial score (nSPS) is 19.5. The van der Waals surface area contributed by atoms with E-state index in [0.29, 0.717) is 13.1 Å². The molecule has 0 bridgehead atoms. The molecule has 0 spiro atoms. The van der Waals surface area contributed by atoms with E-state index >= 15 is 0 Å². The first-order chi connectivity index (χ1) is 9.93. The summed E-state index contributed by atoms with van der Waals surface area (Å²) >= 11 is 0. The zero-order chi connectivity index (χ0) is 15.6. The number of aromatic nitrogens is 1. The fourth-order valence-electron chi connectivity index (χ4n) is 2.60. The van der Waals surface area contributed by atoms with Crippen LogP contribution in [0.25, 0.3) is 0 Å². The first-order valence-corrected chi connectivity index (χ1v) is 6.80. The average Bonchev–Trinajstić information content (AvgIpc) is 2.46. The number of carboxylic acids is 1. The Kier molecular flexibility index (Phi) is 4.37.